The first kappa shape index (κ1) is 19.0. The van der Waals surface area contributed by atoms with Gasteiger partial charge in [-0.2, -0.15) is 0 Å². The molecule has 0 aromatic rings. The van der Waals surface area contributed by atoms with Gasteiger partial charge in [-0.1, -0.05) is 13.3 Å². The Morgan fingerprint density at radius 1 is 1.24 bits per heavy atom. The molecule has 1 N–H and O–H groups in total. The van der Waals surface area contributed by atoms with Crippen molar-refractivity contribution < 1.29 is 0 Å². The number of unbranched alkanes of at least 4 members (excludes halogenated alkanes) is 1. The largest absolute Gasteiger partial charge is 0.357 e. The third-order valence-electron chi connectivity index (χ3n) is 4.39. The predicted molar refractivity (Wildman–Crippen MR) is 101 cm³/mol. The third-order valence-corrected chi connectivity index (χ3v) is 4.39. The summed E-state index contributed by atoms with van der Waals surface area (Å²) in [5.41, 5.74) is 0. The number of piperazine rings is 3. The highest BCUT2D eigenvalue weighted by Crippen LogP contribution is 2.15. The predicted octanol–water partition coefficient (Wildman–Crippen LogP) is 1.30. The maximum Gasteiger partial charge on any atom is 0.193 e. The number of halogens is 1. The molecule has 0 aliphatic carbocycles. The molecule has 21 heavy (non-hydrogen) atoms. The van der Waals surface area contributed by atoms with Crippen LogP contribution in [0.1, 0.15) is 26.7 Å². The van der Waals surface area contributed by atoms with Crippen LogP contribution in [0.4, 0.5) is 0 Å². The molecule has 0 radical (unpaired) electrons. The molecule has 124 valence electrons. The highest BCUT2D eigenvalue weighted by Gasteiger charge is 2.31. The summed E-state index contributed by atoms with van der Waals surface area (Å²) in [5, 5.41) is 3.42. The van der Waals surface area contributed by atoms with Gasteiger partial charge >= 0.3 is 0 Å². The van der Waals surface area contributed by atoms with Gasteiger partial charge in [-0.05, 0) is 13.3 Å². The van der Waals surface area contributed by atoms with Gasteiger partial charge in [-0.3, -0.25) is 14.8 Å². The van der Waals surface area contributed by atoms with E-state index in [0.717, 1.165) is 25.6 Å². The Kier molecular flexibility index (Phi) is 8.89. The fourth-order valence-corrected chi connectivity index (χ4v) is 3.06. The fourth-order valence-electron chi connectivity index (χ4n) is 3.06. The average molecular weight is 409 g/mol. The summed E-state index contributed by atoms with van der Waals surface area (Å²) in [7, 11) is 2.15. The highest BCUT2D eigenvalue weighted by atomic mass is 127. The summed E-state index contributed by atoms with van der Waals surface area (Å²) in [4.78, 5) is 12.3. The van der Waals surface area contributed by atoms with Crippen molar-refractivity contribution in [3.05, 3.63) is 0 Å². The van der Waals surface area contributed by atoms with Crippen LogP contribution in [0.3, 0.4) is 0 Å². The molecule has 0 spiro atoms. The molecule has 3 saturated heterocycles. The zero-order chi connectivity index (χ0) is 14.4. The summed E-state index contributed by atoms with van der Waals surface area (Å²) in [6, 6.07) is 0.616. The Morgan fingerprint density at radius 3 is 2.48 bits per heavy atom. The first-order chi connectivity index (χ1) is 9.74. The number of rotatable bonds is 6. The Bertz CT molecular complexity index is 315. The van der Waals surface area contributed by atoms with Gasteiger partial charge in [0.15, 0.2) is 5.96 Å². The number of hydrogen-bond acceptors (Lipinski definition) is 3. The minimum Gasteiger partial charge on any atom is -0.357 e. The molecular weight excluding hydrogens is 377 g/mol. The van der Waals surface area contributed by atoms with Crippen LogP contribution in [-0.4, -0.2) is 86.1 Å². The van der Waals surface area contributed by atoms with Gasteiger partial charge in [0.2, 0.25) is 0 Å². The van der Waals surface area contributed by atoms with Crippen LogP contribution in [0.25, 0.3) is 0 Å². The van der Waals surface area contributed by atoms with E-state index in [-0.39, 0.29) is 24.0 Å². The van der Waals surface area contributed by atoms with E-state index in [0.29, 0.717) is 6.04 Å². The summed E-state index contributed by atoms with van der Waals surface area (Å²) in [6.07, 6.45) is 2.46. The van der Waals surface area contributed by atoms with E-state index in [1.165, 1.54) is 45.6 Å². The maximum atomic E-state index is 4.87. The van der Waals surface area contributed by atoms with Crippen LogP contribution < -0.4 is 5.32 Å². The molecule has 3 rings (SSSR count). The smallest absolute Gasteiger partial charge is 0.193 e. The Balaban J connectivity index is 0.00000220. The second kappa shape index (κ2) is 9.84. The second-order valence-electron chi connectivity index (χ2n) is 5.96. The van der Waals surface area contributed by atoms with Crippen molar-refractivity contribution >= 4 is 29.9 Å². The van der Waals surface area contributed by atoms with Gasteiger partial charge in [-0.15, -0.1) is 24.0 Å². The molecule has 5 nitrogen and oxygen atoms in total. The van der Waals surface area contributed by atoms with Crippen molar-refractivity contribution in [3.63, 3.8) is 0 Å². The molecule has 3 fully saturated rings. The van der Waals surface area contributed by atoms with E-state index in [1.54, 1.807) is 0 Å². The minimum atomic E-state index is 0. The SMILES string of the molecule is CCCCN(C)C(=NCC1CN2CCN1CC2)NCC.I. The quantitative estimate of drug-likeness (QED) is 0.408. The zero-order valence-electron chi connectivity index (χ0n) is 13.8. The third kappa shape index (κ3) is 5.56. The molecule has 3 aliphatic heterocycles. The summed E-state index contributed by atoms with van der Waals surface area (Å²) in [5.74, 6) is 1.07. The first-order valence-corrected chi connectivity index (χ1v) is 8.20. The van der Waals surface area contributed by atoms with E-state index in [9.17, 15) is 0 Å². The van der Waals surface area contributed by atoms with Crippen LogP contribution in [0.5, 0.6) is 0 Å². The minimum absolute atomic E-state index is 0. The fraction of sp³-hybridized carbons (Fsp3) is 0.933. The number of hydrogen-bond donors (Lipinski definition) is 1. The van der Waals surface area contributed by atoms with E-state index in [4.69, 9.17) is 4.99 Å². The van der Waals surface area contributed by atoms with Crippen molar-refractivity contribution in [2.75, 3.05) is 59.4 Å². The molecule has 1 atom stereocenters. The molecule has 0 aromatic heterocycles. The van der Waals surface area contributed by atoms with E-state index in [1.807, 2.05) is 0 Å². The van der Waals surface area contributed by atoms with Gasteiger partial charge in [0.1, 0.15) is 0 Å². The maximum absolute atomic E-state index is 4.87. The van der Waals surface area contributed by atoms with Gasteiger partial charge in [0, 0.05) is 58.9 Å². The Hall–Kier alpha value is -0.0800. The summed E-state index contributed by atoms with van der Waals surface area (Å²) in [6.45, 7) is 13.5. The van der Waals surface area contributed by atoms with Gasteiger partial charge in [-0.25, -0.2) is 0 Å². The number of nitrogens with one attached hydrogen (secondary N) is 1. The van der Waals surface area contributed by atoms with Gasteiger partial charge in [0.05, 0.1) is 6.54 Å². The molecule has 2 bridgehead atoms. The molecule has 0 aromatic carbocycles. The van der Waals surface area contributed by atoms with Gasteiger partial charge in [0.25, 0.3) is 0 Å². The molecule has 1 unspecified atom stereocenters. The van der Waals surface area contributed by atoms with Crippen LogP contribution in [0.2, 0.25) is 0 Å². The summed E-state index contributed by atoms with van der Waals surface area (Å²) < 4.78 is 0. The van der Waals surface area contributed by atoms with Crippen molar-refractivity contribution in [1.82, 2.24) is 20.0 Å². The van der Waals surface area contributed by atoms with Crippen LogP contribution in [0.15, 0.2) is 4.99 Å². The van der Waals surface area contributed by atoms with Gasteiger partial charge < -0.3 is 10.2 Å². The van der Waals surface area contributed by atoms with Crippen LogP contribution >= 0.6 is 24.0 Å². The van der Waals surface area contributed by atoms with Crippen LogP contribution in [0, 0.1) is 0 Å². The Labute approximate surface area is 147 Å². The standard InChI is InChI=1S/C15H31N5.HI/c1-4-6-7-18(3)15(16-5-2)17-12-14-13-19-8-10-20(14)11-9-19;/h14H,4-13H2,1-3H3,(H,16,17);1H. The lowest BCUT2D eigenvalue weighted by Gasteiger charge is -2.47. The Morgan fingerprint density at radius 2 is 1.95 bits per heavy atom. The normalized spacial score (nSPS) is 28.1. The monoisotopic (exact) mass is 409 g/mol. The van der Waals surface area contributed by atoms with Crippen molar-refractivity contribution in [2.24, 2.45) is 4.99 Å². The van der Waals surface area contributed by atoms with E-state index in [2.05, 4.69) is 40.9 Å². The number of aliphatic imine (C=N–C) groups is 1. The summed E-state index contributed by atoms with van der Waals surface area (Å²) >= 11 is 0. The van der Waals surface area contributed by atoms with E-state index >= 15 is 0 Å². The van der Waals surface area contributed by atoms with E-state index < -0.39 is 0 Å². The number of fused-ring (bicyclic) bond motifs is 3. The molecule has 3 heterocycles. The molecule has 0 saturated carbocycles. The molecule has 0 amide bonds. The average Bonchev–Trinajstić information content (AvgIpc) is 2.50. The van der Waals surface area contributed by atoms with Crippen molar-refractivity contribution in [2.45, 2.75) is 32.7 Å². The topological polar surface area (TPSA) is 34.1 Å². The lowest BCUT2D eigenvalue weighted by molar-refractivity contribution is 0.0173. The highest BCUT2D eigenvalue weighted by molar-refractivity contribution is 14.0. The number of guanidine groups is 1. The number of nitrogens with zero attached hydrogens (tertiary/aromatic N) is 4. The molecular formula is C15H32IN5. The first-order valence-electron chi connectivity index (χ1n) is 8.20. The molecule has 3 aliphatic rings. The lowest BCUT2D eigenvalue weighted by Crippen LogP contribution is -2.62. The van der Waals surface area contributed by atoms with Crippen LogP contribution in [-0.2, 0) is 0 Å². The lowest BCUT2D eigenvalue weighted by atomic mass is 10.1. The second-order valence-corrected chi connectivity index (χ2v) is 5.96. The zero-order valence-corrected chi connectivity index (χ0v) is 16.2. The van der Waals surface area contributed by atoms with Crippen molar-refractivity contribution in [1.29, 1.82) is 0 Å². The molecule has 6 heteroatoms. The van der Waals surface area contributed by atoms with Crippen molar-refractivity contribution in [3.8, 4) is 0 Å².